The largest absolute Gasteiger partial charge is 0.497 e. The fraction of sp³-hybridized carbons (Fsp3) is 0.297. The summed E-state index contributed by atoms with van der Waals surface area (Å²) in [5.74, 6) is -0.892. The molecule has 11 heteroatoms. The molecule has 1 fully saturated rings. The maximum Gasteiger partial charge on any atom is 0.264 e. The lowest BCUT2D eigenvalue weighted by molar-refractivity contribution is -0.140. The van der Waals surface area contributed by atoms with Crippen LogP contribution in [0.4, 0.5) is 10.1 Å². The van der Waals surface area contributed by atoms with Gasteiger partial charge in [-0.3, -0.25) is 13.9 Å². The molecule has 0 unspecified atom stereocenters. The molecule has 0 spiro atoms. The number of methoxy groups -OCH3 is 1. The van der Waals surface area contributed by atoms with Crippen molar-refractivity contribution in [2.24, 2.45) is 0 Å². The summed E-state index contributed by atoms with van der Waals surface area (Å²) in [5, 5.41) is 3.57. The molecule has 1 N–H and O–H groups in total. The Morgan fingerprint density at radius 2 is 1.52 bits per heavy atom. The number of ether oxygens (including phenoxy) is 1. The summed E-state index contributed by atoms with van der Waals surface area (Å²) < 4.78 is 48.5. The molecule has 0 saturated heterocycles. The fourth-order valence-corrected chi connectivity index (χ4v) is 7.44. The van der Waals surface area contributed by atoms with Crippen LogP contribution in [-0.4, -0.2) is 50.9 Å². The highest BCUT2D eigenvalue weighted by Gasteiger charge is 2.35. The third-order valence-electron chi connectivity index (χ3n) is 8.53. The second-order valence-corrected chi connectivity index (χ2v) is 14.2. The summed E-state index contributed by atoms with van der Waals surface area (Å²) in [6, 6.07) is 26.1. The van der Waals surface area contributed by atoms with Crippen LogP contribution in [0.3, 0.4) is 0 Å². The molecule has 2 amide bonds. The van der Waals surface area contributed by atoms with Crippen molar-refractivity contribution in [1.82, 2.24) is 10.2 Å². The van der Waals surface area contributed by atoms with Crippen LogP contribution in [0, 0.1) is 5.82 Å². The first-order chi connectivity index (χ1) is 23.1. The maximum absolute atomic E-state index is 14.6. The Bertz CT molecular complexity index is 1770. The Kier molecular flexibility index (Phi) is 11.7. The Balaban J connectivity index is 1.55. The van der Waals surface area contributed by atoms with Crippen LogP contribution in [-0.2, 0) is 32.6 Å². The van der Waals surface area contributed by atoms with Gasteiger partial charge in [-0.25, -0.2) is 12.8 Å². The lowest BCUT2D eigenvalue weighted by atomic mass is 9.94. The molecular weight excluding hydrogens is 653 g/mol. The predicted octanol–water partition coefficient (Wildman–Crippen LogP) is 6.77. The van der Waals surface area contributed by atoms with Gasteiger partial charge in [0.2, 0.25) is 11.8 Å². The second kappa shape index (κ2) is 16.1. The quantitative estimate of drug-likeness (QED) is 0.167. The molecule has 8 nitrogen and oxygen atoms in total. The minimum absolute atomic E-state index is 0.0201. The van der Waals surface area contributed by atoms with Crippen molar-refractivity contribution in [3.05, 3.63) is 125 Å². The van der Waals surface area contributed by atoms with E-state index in [1.54, 1.807) is 24.3 Å². The van der Waals surface area contributed by atoms with Gasteiger partial charge < -0.3 is 15.0 Å². The number of benzene rings is 4. The Hall–Kier alpha value is -4.41. The average Bonchev–Trinajstić information content (AvgIpc) is 3.10. The summed E-state index contributed by atoms with van der Waals surface area (Å²) in [7, 11) is -2.81. The van der Waals surface area contributed by atoms with Gasteiger partial charge in [0.25, 0.3) is 10.0 Å². The highest BCUT2D eigenvalue weighted by Crippen LogP contribution is 2.28. The molecule has 4 aromatic carbocycles. The molecule has 0 aromatic heterocycles. The monoisotopic (exact) mass is 691 g/mol. The van der Waals surface area contributed by atoms with E-state index < -0.39 is 34.3 Å². The summed E-state index contributed by atoms with van der Waals surface area (Å²) in [6.45, 7) is -0.662. The topological polar surface area (TPSA) is 96.0 Å². The predicted molar refractivity (Wildman–Crippen MR) is 185 cm³/mol. The van der Waals surface area contributed by atoms with E-state index in [4.69, 9.17) is 16.3 Å². The van der Waals surface area contributed by atoms with Crippen molar-refractivity contribution in [1.29, 1.82) is 0 Å². The van der Waals surface area contributed by atoms with E-state index in [0.717, 1.165) is 42.0 Å². The molecule has 0 bridgehead atoms. The van der Waals surface area contributed by atoms with Crippen molar-refractivity contribution < 1.29 is 27.1 Å². The first kappa shape index (κ1) is 34.9. The molecule has 1 aliphatic rings. The lowest BCUT2D eigenvalue weighted by Crippen LogP contribution is -2.55. The van der Waals surface area contributed by atoms with Gasteiger partial charge in [-0.05, 0) is 84.6 Å². The number of anilines is 1. The SMILES string of the molecule is COc1ccc(S(=O)(=O)N(CC(=O)N(Cc2ccc(F)cc2)[C@H](Cc2ccccc2)C(=O)NC2CCCCC2)c2ccc(Cl)cc2)cc1. The molecule has 1 saturated carbocycles. The van der Waals surface area contributed by atoms with Crippen LogP contribution in [0.2, 0.25) is 5.02 Å². The van der Waals surface area contributed by atoms with E-state index in [9.17, 15) is 22.4 Å². The molecule has 1 atom stereocenters. The first-order valence-corrected chi connectivity index (χ1v) is 17.8. The van der Waals surface area contributed by atoms with Crippen LogP contribution < -0.4 is 14.4 Å². The van der Waals surface area contributed by atoms with Crippen LogP contribution in [0.25, 0.3) is 0 Å². The minimum Gasteiger partial charge on any atom is -0.497 e. The number of halogens is 2. The first-order valence-electron chi connectivity index (χ1n) is 15.9. The van der Waals surface area contributed by atoms with Crippen molar-refractivity contribution in [3.8, 4) is 5.75 Å². The van der Waals surface area contributed by atoms with Gasteiger partial charge in [0.15, 0.2) is 0 Å². The zero-order valence-corrected chi connectivity index (χ0v) is 28.3. The van der Waals surface area contributed by atoms with Gasteiger partial charge >= 0.3 is 0 Å². The molecular formula is C37H39ClFN3O5S. The number of carbonyl (C=O) groups excluding carboxylic acids is 2. The summed E-state index contributed by atoms with van der Waals surface area (Å²) >= 11 is 6.14. The van der Waals surface area contributed by atoms with E-state index in [0.29, 0.717) is 16.3 Å². The number of carbonyl (C=O) groups is 2. The number of nitrogens with one attached hydrogen (secondary N) is 1. The molecule has 0 heterocycles. The zero-order valence-electron chi connectivity index (χ0n) is 26.7. The molecule has 4 aromatic rings. The van der Waals surface area contributed by atoms with E-state index in [1.165, 1.54) is 60.5 Å². The summed E-state index contributed by atoms with van der Waals surface area (Å²) in [6.07, 6.45) is 5.01. The Morgan fingerprint density at radius 3 is 2.15 bits per heavy atom. The third-order valence-corrected chi connectivity index (χ3v) is 10.6. The average molecular weight is 692 g/mol. The van der Waals surface area contributed by atoms with Gasteiger partial charge in [-0.2, -0.15) is 0 Å². The molecule has 0 radical (unpaired) electrons. The van der Waals surface area contributed by atoms with Gasteiger partial charge in [0, 0.05) is 24.0 Å². The molecule has 48 heavy (non-hydrogen) atoms. The molecule has 1 aliphatic carbocycles. The summed E-state index contributed by atoms with van der Waals surface area (Å²) in [5.41, 5.74) is 1.64. The van der Waals surface area contributed by atoms with Gasteiger partial charge in [-0.15, -0.1) is 0 Å². The maximum atomic E-state index is 14.6. The van der Waals surface area contributed by atoms with E-state index in [1.807, 2.05) is 30.3 Å². The molecule has 0 aliphatic heterocycles. The van der Waals surface area contributed by atoms with E-state index in [-0.39, 0.29) is 35.5 Å². The van der Waals surface area contributed by atoms with Crippen LogP contribution in [0.15, 0.2) is 108 Å². The van der Waals surface area contributed by atoms with Gasteiger partial charge in [0.05, 0.1) is 17.7 Å². The number of hydrogen-bond acceptors (Lipinski definition) is 5. The number of nitrogens with zero attached hydrogens (tertiary/aromatic N) is 2. The third kappa shape index (κ3) is 8.93. The zero-order chi connectivity index (χ0) is 34.1. The number of amides is 2. The minimum atomic E-state index is -4.29. The van der Waals surface area contributed by atoms with Crippen LogP contribution in [0.5, 0.6) is 5.75 Å². The van der Waals surface area contributed by atoms with Crippen molar-refractivity contribution in [2.75, 3.05) is 18.0 Å². The van der Waals surface area contributed by atoms with Gasteiger partial charge in [-0.1, -0.05) is 73.3 Å². The van der Waals surface area contributed by atoms with Crippen molar-refractivity contribution >= 4 is 39.1 Å². The number of sulfonamides is 1. The molecule has 5 rings (SSSR count). The highest BCUT2D eigenvalue weighted by molar-refractivity contribution is 7.92. The molecule has 252 valence electrons. The van der Waals surface area contributed by atoms with E-state index >= 15 is 0 Å². The normalized spacial score (nSPS) is 14.1. The summed E-state index contributed by atoms with van der Waals surface area (Å²) in [4.78, 5) is 30.1. The number of rotatable bonds is 13. The standard InChI is InChI=1S/C37H39ClFN3O5S/c1-47-33-20-22-34(23-21-33)48(45,46)42(32-18-14-29(38)15-19-32)26-36(43)41(25-28-12-16-30(39)17-13-28)35(24-27-8-4-2-5-9-27)37(44)40-31-10-6-3-7-11-31/h2,4-5,8-9,12-23,31,35H,3,6-7,10-11,24-26H2,1H3,(H,40,44)/t35-/m1/s1. The smallest absolute Gasteiger partial charge is 0.264 e. The lowest BCUT2D eigenvalue weighted by Gasteiger charge is -2.35. The van der Waals surface area contributed by atoms with E-state index in [2.05, 4.69) is 5.32 Å². The second-order valence-electron chi connectivity index (χ2n) is 11.9. The van der Waals surface area contributed by atoms with Crippen LogP contribution >= 0.6 is 11.6 Å². The van der Waals surface area contributed by atoms with Crippen LogP contribution in [0.1, 0.15) is 43.2 Å². The van der Waals surface area contributed by atoms with Crippen molar-refractivity contribution in [3.63, 3.8) is 0 Å². The highest BCUT2D eigenvalue weighted by atomic mass is 35.5. The fourth-order valence-electron chi connectivity index (χ4n) is 5.90. The van der Waals surface area contributed by atoms with Crippen molar-refractivity contribution in [2.45, 2.75) is 62.0 Å². The Labute approximate surface area is 286 Å². The Morgan fingerprint density at radius 1 is 0.875 bits per heavy atom. The number of hydrogen-bond donors (Lipinski definition) is 1. The van der Waals surface area contributed by atoms with Gasteiger partial charge in [0.1, 0.15) is 24.2 Å².